The Morgan fingerprint density at radius 2 is 2.04 bits per heavy atom. The molecule has 1 N–H and O–H groups in total. The first-order chi connectivity index (χ1) is 12.0. The molecule has 0 radical (unpaired) electrons. The van der Waals surface area contributed by atoms with E-state index in [-0.39, 0.29) is 11.8 Å². The van der Waals surface area contributed by atoms with E-state index in [0.29, 0.717) is 25.1 Å². The highest BCUT2D eigenvalue weighted by Crippen LogP contribution is 2.14. The van der Waals surface area contributed by atoms with Gasteiger partial charge in [0.25, 0.3) is 0 Å². The topological polar surface area (TPSA) is 62.3 Å². The van der Waals surface area contributed by atoms with Crippen LogP contribution in [0.1, 0.15) is 29.6 Å². The Morgan fingerprint density at radius 1 is 1.32 bits per heavy atom. The Labute approximate surface area is 152 Å². The van der Waals surface area contributed by atoms with Gasteiger partial charge in [-0.1, -0.05) is 25.6 Å². The van der Waals surface area contributed by atoms with Crippen molar-refractivity contribution in [1.82, 2.24) is 9.88 Å². The third-order valence-electron chi connectivity index (χ3n) is 3.76. The van der Waals surface area contributed by atoms with Gasteiger partial charge in [-0.25, -0.2) is 4.98 Å². The number of anilines is 1. The molecule has 2 rings (SSSR count). The number of rotatable bonds is 8. The highest BCUT2D eigenvalue weighted by atomic mass is 32.1. The van der Waals surface area contributed by atoms with Crippen LogP contribution < -0.4 is 5.32 Å². The second-order valence-electron chi connectivity index (χ2n) is 5.73. The molecule has 0 aliphatic heterocycles. The molecule has 132 valence electrons. The molecule has 1 heterocycles. The van der Waals surface area contributed by atoms with Crippen LogP contribution in [0, 0.1) is 0 Å². The monoisotopic (exact) mass is 357 g/mol. The molecule has 2 aromatic rings. The highest BCUT2D eigenvalue weighted by molar-refractivity contribution is 7.09. The van der Waals surface area contributed by atoms with E-state index >= 15 is 0 Å². The van der Waals surface area contributed by atoms with Crippen molar-refractivity contribution in [3.8, 4) is 0 Å². The predicted molar refractivity (Wildman–Crippen MR) is 102 cm³/mol. The minimum Gasteiger partial charge on any atom is -0.340 e. The zero-order valence-electron chi connectivity index (χ0n) is 14.6. The fraction of sp³-hybridized carbons (Fsp3) is 0.316. The lowest BCUT2D eigenvalue weighted by Gasteiger charge is -2.16. The summed E-state index contributed by atoms with van der Waals surface area (Å²) >= 11 is 1.64. The van der Waals surface area contributed by atoms with Gasteiger partial charge in [-0.05, 0) is 36.6 Å². The Morgan fingerprint density at radius 3 is 2.64 bits per heavy atom. The Bertz CT molecular complexity index is 737. The second kappa shape index (κ2) is 9.13. The predicted octanol–water partition coefficient (Wildman–Crippen LogP) is 3.42. The van der Waals surface area contributed by atoms with Gasteiger partial charge in [-0.15, -0.1) is 11.3 Å². The van der Waals surface area contributed by atoms with Crippen LogP contribution in [-0.2, 0) is 29.0 Å². The summed E-state index contributed by atoms with van der Waals surface area (Å²) in [5.74, 6) is -0.145. The SMILES string of the molecule is C=CC(=O)Nc1ccc(CCC(=O)N(C)Cc2csc(CC)n2)cc1. The fourth-order valence-electron chi connectivity index (χ4n) is 2.31. The van der Waals surface area contributed by atoms with Gasteiger partial charge in [-0.2, -0.15) is 0 Å². The van der Waals surface area contributed by atoms with Crippen molar-refractivity contribution in [3.63, 3.8) is 0 Å². The van der Waals surface area contributed by atoms with Crippen molar-refractivity contribution < 1.29 is 9.59 Å². The van der Waals surface area contributed by atoms with Gasteiger partial charge in [0.15, 0.2) is 0 Å². The number of thiazole rings is 1. The quantitative estimate of drug-likeness (QED) is 0.736. The molecule has 5 nitrogen and oxygen atoms in total. The molecule has 6 heteroatoms. The minimum atomic E-state index is -0.238. The van der Waals surface area contributed by atoms with Crippen LogP contribution in [0.25, 0.3) is 0 Å². The van der Waals surface area contributed by atoms with Crippen molar-refractivity contribution in [2.45, 2.75) is 32.7 Å². The molecule has 1 aromatic heterocycles. The Kier molecular flexibility index (Phi) is 6.89. The third-order valence-corrected chi connectivity index (χ3v) is 4.80. The number of carbonyl (C=O) groups excluding carboxylic acids is 2. The minimum absolute atomic E-state index is 0.0927. The van der Waals surface area contributed by atoms with Crippen LogP contribution in [0.5, 0.6) is 0 Å². The van der Waals surface area contributed by atoms with Gasteiger partial charge in [0.05, 0.1) is 17.2 Å². The fourth-order valence-corrected chi connectivity index (χ4v) is 3.04. The van der Waals surface area contributed by atoms with Gasteiger partial charge in [0.1, 0.15) is 0 Å². The molecular formula is C19H23N3O2S. The van der Waals surface area contributed by atoms with Crippen LogP contribution in [0.15, 0.2) is 42.3 Å². The molecule has 0 bridgehead atoms. The summed E-state index contributed by atoms with van der Waals surface area (Å²) in [6.07, 6.45) is 3.26. The van der Waals surface area contributed by atoms with Crippen molar-refractivity contribution in [1.29, 1.82) is 0 Å². The number of aromatic nitrogens is 1. The first kappa shape index (κ1) is 18.9. The maximum atomic E-state index is 12.3. The van der Waals surface area contributed by atoms with E-state index in [4.69, 9.17) is 0 Å². The maximum Gasteiger partial charge on any atom is 0.247 e. The van der Waals surface area contributed by atoms with Crippen LogP contribution in [0.2, 0.25) is 0 Å². The van der Waals surface area contributed by atoms with Gasteiger partial charge in [0.2, 0.25) is 11.8 Å². The molecule has 0 aliphatic carbocycles. The molecule has 25 heavy (non-hydrogen) atoms. The lowest BCUT2D eigenvalue weighted by Crippen LogP contribution is -2.26. The largest absolute Gasteiger partial charge is 0.340 e. The number of hydrogen-bond acceptors (Lipinski definition) is 4. The summed E-state index contributed by atoms with van der Waals surface area (Å²) in [6, 6.07) is 7.48. The number of carbonyl (C=O) groups is 2. The number of nitrogens with zero attached hydrogens (tertiary/aromatic N) is 2. The van der Waals surface area contributed by atoms with E-state index in [1.807, 2.05) is 29.6 Å². The smallest absolute Gasteiger partial charge is 0.247 e. The van der Waals surface area contributed by atoms with Crippen molar-refractivity contribution in [2.24, 2.45) is 0 Å². The van der Waals surface area contributed by atoms with Crippen LogP contribution in [-0.4, -0.2) is 28.7 Å². The Balaban J connectivity index is 1.82. The summed E-state index contributed by atoms with van der Waals surface area (Å²) in [4.78, 5) is 29.7. The van der Waals surface area contributed by atoms with Crippen molar-refractivity contribution in [2.75, 3.05) is 12.4 Å². The van der Waals surface area contributed by atoms with Crippen LogP contribution in [0.3, 0.4) is 0 Å². The molecule has 0 saturated heterocycles. The maximum absolute atomic E-state index is 12.3. The lowest BCUT2D eigenvalue weighted by molar-refractivity contribution is -0.130. The van der Waals surface area contributed by atoms with Gasteiger partial charge in [0, 0.05) is 24.5 Å². The number of amides is 2. The first-order valence-corrected chi connectivity index (χ1v) is 9.09. The van der Waals surface area contributed by atoms with Crippen molar-refractivity contribution >= 4 is 28.8 Å². The molecule has 0 fully saturated rings. The van der Waals surface area contributed by atoms with Crippen LogP contribution >= 0.6 is 11.3 Å². The molecule has 2 amide bonds. The lowest BCUT2D eigenvalue weighted by atomic mass is 10.1. The van der Waals surface area contributed by atoms with E-state index < -0.39 is 0 Å². The summed E-state index contributed by atoms with van der Waals surface area (Å²) < 4.78 is 0. The third kappa shape index (κ3) is 5.83. The molecule has 1 aromatic carbocycles. The van der Waals surface area contributed by atoms with Gasteiger partial charge in [-0.3, -0.25) is 9.59 Å². The van der Waals surface area contributed by atoms with Crippen LogP contribution in [0.4, 0.5) is 5.69 Å². The zero-order valence-corrected chi connectivity index (χ0v) is 15.4. The molecular weight excluding hydrogens is 334 g/mol. The number of benzene rings is 1. The molecule has 0 unspecified atom stereocenters. The first-order valence-electron chi connectivity index (χ1n) is 8.21. The summed E-state index contributed by atoms with van der Waals surface area (Å²) in [6.45, 7) is 6.04. The molecule has 0 atom stereocenters. The van der Waals surface area contributed by atoms with E-state index in [2.05, 4.69) is 23.8 Å². The van der Waals surface area contributed by atoms with E-state index in [9.17, 15) is 9.59 Å². The van der Waals surface area contributed by atoms with E-state index in [0.717, 1.165) is 22.7 Å². The zero-order chi connectivity index (χ0) is 18.2. The van der Waals surface area contributed by atoms with Gasteiger partial charge >= 0.3 is 0 Å². The standard InChI is InChI=1S/C19H23N3O2S/c1-4-17(23)20-15-9-6-14(7-10-15)8-11-19(24)22(3)12-16-13-25-18(5-2)21-16/h4,6-7,9-10,13H,1,5,8,11-12H2,2-3H3,(H,20,23). The number of nitrogens with one attached hydrogen (secondary N) is 1. The Hall–Kier alpha value is -2.47. The number of hydrogen-bond donors (Lipinski definition) is 1. The molecule has 0 spiro atoms. The number of aryl methyl sites for hydroxylation is 2. The highest BCUT2D eigenvalue weighted by Gasteiger charge is 2.11. The summed E-state index contributed by atoms with van der Waals surface area (Å²) in [7, 11) is 1.81. The molecule has 0 saturated carbocycles. The molecule has 0 aliphatic rings. The second-order valence-corrected chi connectivity index (χ2v) is 6.67. The van der Waals surface area contributed by atoms with Crippen molar-refractivity contribution in [3.05, 3.63) is 58.6 Å². The van der Waals surface area contributed by atoms with E-state index in [1.165, 1.54) is 6.08 Å². The average molecular weight is 357 g/mol. The van der Waals surface area contributed by atoms with E-state index in [1.54, 1.807) is 23.3 Å². The summed E-state index contributed by atoms with van der Waals surface area (Å²) in [5, 5.41) is 5.81. The summed E-state index contributed by atoms with van der Waals surface area (Å²) in [5.41, 5.74) is 2.72. The average Bonchev–Trinajstić information content (AvgIpc) is 3.08. The normalized spacial score (nSPS) is 10.3. The van der Waals surface area contributed by atoms with Gasteiger partial charge < -0.3 is 10.2 Å².